The highest BCUT2D eigenvalue weighted by Gasteiger charge is 2.12. The van der Waals surface area contributed by atoms with Crippen LogP contribution in [0.25, 0.3) is 11.4 Å². The second-order valence-corrected chi connectivity index (χ2v) is 7.15. The number of nitrogens with one attached hydrogen (secondary N) is 1. The molecule has 156 valence electrons. The normalized spacial score (nSPS) is 10.6. The summed E-state index contributed by atoms with van der Waals surface area (Å²) in [6, 6.07) is 22.4. The maximum atomic E-state index is 9.61. The molecule has 0 saturated carbocycles. The molecule has 4 N–H and O–H groups in total. The fourth-order valence-electron chi connectivity index (χ4n) is 2.97. The van der Waals surface area contributed by atoms with Crippen molar-refractivity contribution in [3.8, 4) is 22.9 Å². The highest BCUT2D eigenvalue weighted by atomic mass is 35.5. The van der Waals surface area contributed by atoms with E-state index in [0.717, 1.165) is 17.1 Å². The minimum absolute atomic E-state index is 0.0722. The number of hydrogen-bond donors (Lipinski definition) is 3. The van der Waals surface area contributed by atoms with E-state index in [0.29, 0.717) is 34.5 Å². The number of nitrogens with two attached hydrogens (primary N) is 1. The Hall–Kier alpha value is -3.68. The Morgan fingerprint density at radius 1 is 0.903 bits per heavy atom. The molecule has 0 saturated heterocycles. The smallest absolute Gasteiger partial charge is 0.228 e. The summed E-state index contributed by atoms with van der Waals surface area (Å²) in [4.78, 5) is 12.8. The Bertz CT molecular complexity index is 1170. The Morgan fingerprint density at radius 2 is 1.65 bits per heavy atom. The molecule has 0 bridgehead atoms. The average Bonchev–Trinajstić information content (AvgIpc) is 2.79. The van der Waals surface area contributed by atoms with E-state index < -0.39 is 0 Å². The van der Waals surface area contributed by atoms with Gasteiger partial charge in [0.25, 0.3) is 0 Å². The minimum atomic E-state index is -0.168. The number of ether oxygens (including phenoxy) is 1. The first-order chi connectivity index (χ1) is 15.1. The monoisotopic (exact) mass is 433 g/mol. The maximum absolute atomic E-state index is 9.61. The molecule has 0 atom stereocenters. The molecule has 0 fully saturated rings. The number of hydrogen-bond acceptors (Lipinski definition) is 7. The summed E-state index contributed by atoms with van der Waals surface area (Å²) in [5, 5.41) is 13.3. The van der Waals surface area contributed by atoms with Crippen molar-refractivity contribution in [2.75, 3.05) is 11.1 Å². The average molecular weight is 434 g/mol. The number of aliphatic hydroxyl groups excluding tert-OH is 1. The molecule has 0 spiro atoms. The lowest BCUT2D eigenvalue weighted by Crippen LogP contribution is -2.08. The van der Waals surface area contributed by atoms with Crippen molar-refractivity contribution in [2.45, 2.75) is 13.2 Å². The highest BCUT2D eigenvalue weighted by molar-refractivity contribution is 6.30. The van der Waals surface area contributed by atoms with Crippen LogP contribution in [0.15, 0.2) is 72.8 Å². The summed E-state index contributed by atoms with van der Waals surface area (Å²) in [6.45, 7) is 0.315. The van der Waals surface area contributed by atoms with E-state index in [2.05, 4.69) is 20.3 Å². The van der Waals surface area contributed by atoms with Crippen LogP contribution in [-0.2, 0) is 13.2 Å². The first kappa shape index (κ1) is 20.6. The van der Waals surface area contributed by atoms with Gasteiger partial charge in [-0.25, -0.2) is 0 Å². The van der Waals surface area contributed by atoms with E-state index >= 15 is 0 Å². The molecular formula is C23H20ClN5O2. The summed E-state index contributed by atoms with van der Waals surface area (Å²) >= 11 is 6.10. The van der Waals surface area contributed by atoms with Gasteiger partial charge in [-0.1, -0.05) is 48.0 Å². The van der Waals surface area contributed by atoms with E-state index in [9.17, 15) is 5.11 Å². The first-order valence-corrected chi connectivity index (χ1v) is 9.95. The van der Waals surface area contributed by atoms with Crippen molar-refractivity contribution >= 4 is 23.5 Å². The molecule has 0 amide bonds. The summed E-state index contributed by atoms with van der Waals surface area (Å²) in [5.41, 5.74) is 8.14. The Balaban J connectivity index is 1.47. The van der Waals surface area contributed by atoms with E-state index in [1.54, 1.807) is 18.2 Å². The van der Waals surface area contributed by atoms with Crippen LogP contribution < -0.4 is 15.8 Å². The zero-order valence-corrected chi connectivity index (χ0v) is 17.3. The van der Waals surface area contributed by atoms with Crippen LogP contribution in [0.3, 0.4) is 0 Å². The summed E-state index contributed by atoms with van der Waals surface area (Å²) in [7, 11) is 0. The molecule has 8 heteroatoms. The third kappa shape index (κ3) is 5.28. The van der Waals surface area contributed by atoms with Gasteiger partial charge in [0.15, 0.2) is 5.82 Å². The van der Waals surface area contributed by atoms with Gasteiger partial charge in [0.05, 0.1) is 6.61 Å². The van der Waals surface area contributed by atoms with Crippen LogP contribution in [0.1, 0.15) is 11.1 Å². The third-order valence-corrected chi connectivity index (χ3v) is 4.72. The topological polar surface area (TPSA) is 106 Å². The molecule has 0 radical (unpaired) electrons. The molecule has 1 aromatic heterocycles. The van der Waals surface area contributed by atoms with Gasteiger partial charge in [-0.05, 0) is 47.5 Å². The molecule has 4 aromatic rings. The van der Waals surface area contributed by atoms with Crippen LogP contribution in [0.2, 0.25) is 5.02 Å². The number of para-hydroxylation sites is 1. The molecule has 0 aliphatic heterocycles. The first-order valence-electron chi connectivity index (χ1n) is 9.57. The second kappa shape index (κ2) is 9.42. The fourth-order valence-corrected chi connectivity index (χ4v) is 3.14. The number of aliphatic hydroxyl groups is 1. The van der Waals surface area contributed by atoms with Crippen molar-refractivity contribution in [1.82, 2.24) is 15.0 Å². The Morgan fingerprint density at radius 3 is 2.39 bits per heavy atom. The zero-order chi connectivity index (χ0) is 21.6. The van der Waals surface area contributed by atoms with E-state index in [4.69, 9.17) is 22.1 Å². The third-order valence-electron chi connectivity index (χ3n) is 4.49. The maximum Gasteiger partial charge on any atom is 0.228 e. The number of benzene rings is 3. The molecule has 7 nitrogen and oxygen atoms in total. The summed E-state index contributed by atoms with van der Waals surface area (Å²) in [6.07, 6.45) is 0. The van der Waals surface area contributed by atoms with Crippen LogP contribution in [-0.4, -0.2) is 20.1 Å². The Kier molecular flexibility index (Phi) is 6.26. The van der Waals surface area contributed by atoms with Gasteiger partial charge < -0.3 is 20.9 Å². The minimum Gasteiger partial charge on any atom is -0.457 e. The van der Waals surface area contributed by atoms with Gasteiger partial charge in [0.2, 0.25) is 11.9 Å². The lowest BCUT2D eigenvalue weighted by Gasteiger charge is -2.11. The number of rotatable bonds is 7. The van der Waals surface area contributed by atoms with Crippen LogP contribution in [0, 0.1) is 0 Å². The van der Waals surface area contributed by atoms with E-state index in [-0.39, 0.29) is 12.6 Å². The molecule has 3 aromatic carbocycles. The van der Waals surface area contributed by atoms with Gasteiger partial charge in [-0.3, -0.25) is 0 Å². The predicted octanol–water partition coefficient (Wildman–Crippen LogP) is 4.67. The quantitative estimate of drug-likeness (QED) is 0.388. The number of nitrogens with zero attached hydrogens (tertiary/aromatic N) is 3. The van der Waals surface area contributed by atoms with Crippen LogP contribution >= 0.6 is 11.6 Å². The number of anilines is 2. The molecule has 1 heterocycles. The van der Waals surface area contributed by atoms with Crippen molar-refractivity contribution < 1.29 is 9.84 Å². The SMILES string of the molecule is Nc1nc(NCc2ccc(Oc3ccccc3)cc2)nc(-c2cc(Cl)ccc2CO)n1. The van der Waals surface area contributed by atoms with Crippen molar-refractivity contribution in [3.63, 3.8) is 0 Å². The molecular weight excluding hydrogens is 414 g/mol. The number of nitrogen functional groups attached to an aromatic ring is 1. The standard InChI is InChI=1S/C23H20ClN5O2/c24-17-9-8-16(14-30)20(12-17)21-27-22(25)29-23(28-21)26-13-15-6-10-19(11-7-15)31-18-4-2-1-3-5-18/h1-12,30H,13-14H2,(H3,25,26,27,28,29). The van der Waals surface area contributed by atoms with Gasteiger partial charge in [0, 0.05) is 17.1 Å². The molecule has 0 unspecified atom stereocenters. The number of halogens is 1. The predicted molar refractivity (Wildman–Crippen MR) is 121 cm³/mol. The molecule has 0 aliphatic carbocycles. The second-order valence-electron chi connectivity index (χ2n) is 6.71. The Labute approximate surface area is 184 Å². The largest absolute Gasteiger partial charge is 0.457 e. The summed E-state index contributed by atoms with van der Waals surface area (Å²) < 4.78 is 5.81. The number of aromatic nitrogens is 3. The van der Waals surface area contributed by atoms with Crippen LogP contribution in [0.4, 0.5) is 11.9 Å². The van der Waals surface area contributed by atoms with E-state index in [1.165, 1.54) is 0 Å². The molecule has 4 rings (SSSR count). The fraction of sp³-hybridized carbons (Fsp3) is 0.0870. The van der Waals surface area contributed by atoms with Crippen molar-refractivity contribution in [3.05, 3.63) is 88.9 Å². The van der Waals surface area contributed by atoms with Gasteiger partial charge >= 0.3 is 0 Å². The molecule has 0 aliphatic rings. The molecule has 31 heavy (non-hydrogen) atoms. The zero-order valence-electron chi connectivity index (χ0n) is 16.5. The van der Waals surface area contributed by atoms with Gasteiger partial charge in [-0.15, -0.1) is 0 Å². The van der Waals surface area contributed by atoms with Gasteiger partial charge in [0.1, 0.15) is 11.5 Å². The lowest BCUT2D eigenvalue weighted by atomic mass is 10.1. The van der Waals surface area contributed by atoms with Crippen LogP contribution in [0.5, 0.6) is 11.5 Å². The van der Waals surface area contributed by atoms with Crippen molar-refractivity contribution in [2.24, 2.45) is 0 Å². The van der Waals surface area contributed by atoms with E-state index in [1.807, 2.05) is 54.6 Å². The van der Waals surface area contributed by atoms with Crippen molar-refractivity contribution in [1.29, 1.82) is 0 Å². The summed E-state index contributed by atoms with van der Waals surface area (Å²) in [5.74, 6) is 2.27. The lowest BCUT2D eigenvalue weighted by molar-refractivity contribution is 0.282. The van der Waals surface area contributed by atoms with Gasteiger partial charge in [-0.2, -0.15) is 15.0 Å². The highest BCUT2D eigenvalue weighted by Crippen LogP contribution is 2.26.